The van der Waals surface area contributed by atoms with Crippen molar-refractivity contribution in [1.29, 1.82) is 0 Å². The van der Waals surface area contributed by atoms with E-state index in [2.05, 4.69) is 39.5 Å². The molecule has 0 spiro atoms. The molecule has 1 aromatic carbocycles. The number of hydrogen-bond acceptors (Lipinski definition) is 8. The van der Waals surface area contributed by atoms with E-state index in [-0.39, 0.29) is 12.5 Å². The van der Waals surface area contributed by atoms with Gasteiger partial charge in [-0.15, -0.1) is 0 Å². The highest BCUT2D eigenvalue weighted by Gasteiger charge is 2.13. The van der Waals surface area contributed by atoms with Crippen molar-refractivity contribution in [2.24, 2.45) is 0 Å². The molecule has 0 unspecified atom stereocenters. The summed E-state index contributed by atoms with van der Waals surface area (Å²) >= 11 is 1.59. The van der Waals surface area contributed by atoms with Crippen molar-refractivity contribution in [3.8, 4) is 11.5 Å². The van der Waals surface area contributed by atoms with Gasteiger partial charge in [-0.2, -0.15) is 5.10 Å². The van der Waals surface area contributed by atoms with Gasteiger partial charge >= 0.3 is 0 Å². The maximum absolute atomic E-state index is 12.1. The van der Waals surface area contributed by atoms with E-state index in [1.54, 1.807) is 41.9 Å². The van der Waals surface area contributed by atoms with Crippen LogP contribution < -0.4 is 20.1 Å². The van der Waals surface area contributed by atoms with E-state index >= 15 is 0 Å². The molecule has 9 nitrogen and oxygen atoms in total. The molecule has 0 aliphatic heterocycles. The lowest BCUT2D eigenvalue weighted by atomic mass is 10.3. The lowest BCUT2D eigenvalue weighted by Gasteiger charge is -2.10. The average Bonchev–Trinajstić information content (AvgIpc) is 3.19. The minimum atomic E-state index is -0.207. The monoisotopic (exact) mass is 444 g/mol. The first kappa shape index (κ1) is 22.7. The minimum Gasteiger partial charge on any atom is -0.497 e. The van der Waals surface area contributed by atoms with Gasteiger partial charge in [-0.3, -0.25) is 4.79 Å². The smallest absolute Gasteiger partial charge is 0.258 e. The highest BCUT2D eigenvalue weighted by Crippen LogP contribution is 2.24. The number of amides is 1. The topological polar surface area (TPSA) is 103 Å². The van der Waals surface area contributed by atoms with Crippen LogP contribution in [0.5, 0.6) is 11.5 Å². The van der Waals surface area contributed by atoms with Crippen LogP contribution >= 0.6 is 11.8 Å². The molecule has 0 aliphatic rings. The summed E-state index contributed by atoms with van der Waals surface area (Å²) in [5, 5.41) is 12.2. The van der Waals surface area contributed by atoms with Crippen LogP contribution in [0.4, 0.5) is 5.82 Å². The van der Waals surface area contributed by atoms with Crippen molar-refractivity contribution in [3.05, 3.63) is 30.5 Å². The molecule has 1 amide bonds. The molecule has 0 bridgehead atoms. The number of aromatic nitrogens is 4. The Morgan fingerprint density at radius 1 is 1.19 bits per heavy atom. The predicted molar refractivity (Wildman–Crippen MR) is 122 cm³/mol. The number of nitrogens with one attached hydrogen (secondary N) is 2. The third-order valence-electron chi connectivity index (χ3n) is 4.35. The number of nitrogens with zero attached hydrogens (tertiary/aromatic N) is 4. The minimum absolute atomic E-state index is 0.0719. The number of methoxy groups -OCH3 is 1. The average molecular weight is 445 g/mol. The van der Waals surface area contributed by atoms with Gasteiger partial charge in [-0.1, -0.05) is 31.7 Å². The van der Waals surface area contributed by atoms with Crippen LogP contribution in [0.1, 0.15) is 20.3 Å². The fourth-order valence-corrected chi connectivity index (χ4v) is 3.43. The third kappa shape index (κ3) is 6.24. The molecule has 2 heterocycles. The summed E-state index contributed by atoms with van der Waals surface area (Å²) in [5.74, 6) is 2.73. The van der Waals surface area contributed by atoms with E-state index in [0.29, 0.717) is 29.7 Å². The van der Waals surface area contributed by atoms with Crippen molar-refractivity contribution in [1.82, 2.24) is 25.1 Å². The molecule has 166 valence electrons. The second-order valence-electron chi connectivity index (χ2n) is 6.64. The lowest BCUT2D eigenvalue weighted by molar-refractivity contribution is -0.123. The molecule has 31 heavy (non-hydrogen) atoms. The number of anilines is 1. The number of ether oxygens (including phenoxy) is 2. The molecule has 0 saturated heterocycles. The first-order chi connectivity index (χ1) is 15.1. The molecule has 10 heteroatoms. The molecular formula is C21H28N6O3S. The van der Waals surface area contributed by atoms with Gasteiger partial charge in [-0.05, 0) is 24.3 Å². The van der Waals surface area contributed by atoms with E-state index < -0.39 is 0 Å². The molecule has 2 aromatic heterocycles. The standard InChI is InChI=1S/C21H28N6O3S/c1-4-9-23-19-17-13-24-27(20(17)26-21(25-19)31-5-2)11-10-22-18(28)14-30-16-8-6-7-15(12-16)29-3/h6-8,12-13H,4-5,9-11,14H2,1-3H3,(H,22,28)(H,23,25,26). The van der Waals surface area contributed by atoms with Gasteiger partial charge in [0, 0.05) is 19.2 Å². The number of hydrogen-bond donors (Lipinski definition) is 2. The first-order valence-electron chi connectivity index (χ1n) is 10.3. The zero-order valence-corrected chi connectivity index (χ0v) is 18.9. The second-order valence-corrected chi connectivity index (χ2v) is 7.87. The van der Waals surface area contributed by atoms with E-state index in [1.165, 1.54) is 0 Å². The number of thioether (sulfide) groups is 1. The Labute approximate surface area is 185 Å². The second kappa shape index (κ2) is 11.4. The van der Waals surface area contributed by atoms with Crippen LogP contribution in [0.3, 0.4) is 0 Å². The van der Waals surface area contributed by atoms with Gasteiger partial charge in [0.1, 0.15) is 17.3 Å². The quantitative estimate of drug-likeness (QED) is 0.325. The zero-order valence-electron chi connectivity index (χ0n) is 18.1. The summed E-state index contributed by atoms with van der Waals surface area (Å²) in [5.41, 5.74) is 0.756. The van der Waals surface area contributed by atoms with Gasteiger partial charge in [-0.25, -0.2) is 14.6 Å². The third-order valence-corrected chi connectivity index (χ3v) is 5.08. The molecule has 3 rings (SSSR count). The van der Waals surface area contributed by atoms with E-state index in [1.807, 2.05) is 12.1 Å². The highest BCUT2D eigenvalue weighted by atomic mass is 32.2. The molecule has 3 aromatic rings. The van der Waals surface area contributed by atoms with Gasteiger partial charge in [0.15, 0.2) is 17.4 Å². The number of rotatable bonds is 12. The van der Waals surface area contributed by atoms with Crippen molar-refractivity contribution in [2.75, 3.05) is 37.9 Å². The van der Waals surface area contributed by atoms with Gasteiger partial charge in [0.05, 0.1) is 25.2 Å². The summed E-state index contributed by atoms with van der Waals surface area (Å²) in [6, 6.07) is 7.14. The van der Waals surface area contributed by atoms with Gasteiger partial charge in [0.25, 0.3) is 5.91 Å². The SMILES string of the molecule is CCCNc1nc(SCC)nc2c1cnn2CCNC(=O)COc1cccc(OC)c1. The molecule has 0 fully saturated rings. The van der Waals surface area contributed by atoms with Crippen LogP contribution in [-0.2, 0) is 11.3 Å². The Morgan fingerprint density at radius 3 is 2.81 bits per heavy atom. The number of carbonyl (C=O) groups excluding carboxylic acids is 1. The Hall–Kier alpha value is -3.01. The van der Waals surface area contributed by atoms with Crippen molar-refractivity contribution < 1.29 is 14.3 Å². The largest absolute Gasteiger partial charge is 0.497 e. The number of carbonyl (C=O) groups is 1. The normalized spacial score (nSPS) is 10.8. The first-order valence-corrected chi connectivity index (χ1v) is 11.3. The highest BCUT2D eigenvalue weighted by molar-refractivity contribution is 7.99. The van der Waals surface area contributed by atoms with E-state index in [4.69, 9.17) is 9.47 Å². The van der Waals surface area contributed by atoms with Crippen LogP contribution in [0.15, 0.2) is 35.6 Å². The van der Waals surface area contributed by atoms with Gasteiger partial charge < -0.3 is 20.1 Å². The number of fused-ring (bicyclic) bond motifs is 1. The molecule has 2 N–H and O–H groups in total. The summed E-state index contributed by atoms with van der Waals surface area (Å²) in [6.45, 7) is 5.84. The summed E-state index contributed by atoms with van der Waals surface area (Å²) in [7, 11) is 1.59. The maximum atomic E-state index is 12.1. The van der Waals surface area contributed by atoms with Crippen LogP contribution in [-0.4, -0.2) is 58.2 Å². The Kier molecular flexibility index (Phi) is 8.34. The van der Waals surface area contributed by atoms with Crippen LogP contribution in [0.2, 0.25) is 0 Å². The molecular weight excluding hydrogens is 416 g/mol. The lowest BCUT2D eigenvalue weighted by Crippen LogP contribution is -2.31. The van der Waals surface area contributed by atoms with E-state index in [0.717, 1.165) is 35.6 Å². The van der Waals surface area contributed by atoms with Crippen molar-refractivity contribution in [3.63, 3.8) is 0 Å². The van der Waals surface area contributed by atoms with Gasteiger partial charge in [0.2, 0.25) is 0 Å². The summed E-state index contributed by atoms with van der Waals surface area (Å²) in [4.78, 5) is 21.4. The van der Waals surface area contributed by atoms with Crippen LogP contribution in [0.25, 0.3) is 11.0 Å². The van der Waals surface area contributed by atoms with E-state index in [9.17, 15) is 4.79 Å². The Morgan fingerprint density at radius 2 is 2.03 bits per heavy atom. The number of benzene rings is 1. The predicted octanol–water partition coefficient (Wildman–Crippen LogP) is 2.96. The maximum Gasteiger partial charge on any atom is 0.258 e. The fraction of sp³-hybridized carbons (Fsp3) is 0.429. The molecule has 0 aliphatic carbocycles. The Bertz CT molecular complexity index is 1010. The molecule has 0 atom stereocenters. The Balaban J connectivity index is 1.58. The summed E-state index contributed by atoms with van der Waals surface area (Å²) < 4.78 is 12.5. The zero-order chi connectivity index (χ0) is 22.1. The van der Waals surface area contributed by atoms with Crippen molar-refractivity contribution in [2.45, 2.75) is 32.0 Å². The summed E-state index contributed by atoms with van der Waals surface area (Å²) in [6.07, 6.45) is 2.77. The van der Waals surface area contributed by atoms with Crippen LogP contribution in [0, 0.1) is 0 Å². The fourth-order valence-electron chi connectivity index (χ4n) is 2.86. The molecule has 0 saturated carbocycles. The molecule has 0 radical (unpaired) electrons. The van der Waals surface area contributed by atoms with Crippen molar-refractivity contribution >= 4 is 34.5 Å².